The van der Waals surface area contributed by atoms with E-state index in [9.17, 15) is 4.79 Å². The summed E-state index contributed by atoms with van der Waals surface area (Å²) in [5.41, 5.74) is 4.08. The highest BCUT2D eigenvalue weighted by molar-refractivity contribution is 5.99. The Morgan fingerprint density at radius 3 is 2.67 bits per heavy atom. The van der Waals surface area contributed by atoms with Crippen molar-refractivity contribution in [2.45, 2.75) is 12.5 Å². The monoisotopic (exact) mass is 313 g/mol. The molecule has 0 radical (unpaired) electrons. The van der Waals surface area contributed by atoms with E-state index >= 15 is 0 Å². The van der Waals surface area contributed by atoms with Crippen LogP contribution in [-0.4, -0.2) is 11.9 Å². The smallest absolute Gasteiger partial charge is 0.227 e. The van der Waals surface area contributed by atoms with Gasteiger partial charge in [0.15, 0.2) is 0 Å². The fourth-order valence-electron chi connectivity index (χ4n) is 2.54. The lowest BCUT2D eigenvalue weighted by molar-refractivity contribution is -0.116. The van der Waals surface area contributed by atoms with Gasteiger partial charge in [0, 0.05) is 0 Å². The number of fused-ring (bicyclic) bond motifs is 1. The van der Waals surface area contributed by atoms with Gasteiger partial charge in [0.05, 0.1) is 35.5 Å². The van der Waals surface area contributed by atoms with Crippen molar-refractivity contribution >= 4 is 29.4 Å². The van der Waals surface area contributed by atoms with Crippen LogP contribution in [0, 0.1) is 23.7 Å². The van der Waals surface area contributed by atoms with E-state index in [1.807, 2.05) is 42.5 Å². The maximum Gasteiger partial charge on any atom is 0.227 e. The Kier molecular flexibility index (Phi) is 4.32. The molecule has 3 rings (SSSR count). The highest BCUT2D eigenvalue weighted by Crippen LogP contribution is 2.31. The highest BCUT2D eigenvalue weighted by atomic mass is 16.1. The quantitative estimate of drug-likeness (QED) is 0.659. The molecule has 0 saturated carbocycles. The van der Waals surface area contributed by atoms with E-state index in [0.717, 1.165) is 22.5 Å². The topological polar surface area (TPSA) is 64.9 Å². The van der Waals surface area contributed by atoms with Crippen LogP contribution in [0.2, 0.25) is 0 Å². The third-order valence-electron chi connectivity index (χ3n) is 3.78. The first-order valence-electron chi connectivity index (χ1n) is 7.53. The van der Waals surface area contributed by atoms with Crippen LogP contribution in [0.5, 0.6) is 0 Å². The van der Waals surface area contributed by atoms with Crippen molar-refractivity contribution in [3.8, 4) is 18.4 Å². The number of carbonyl (C=O) groups is 1. The zero-order valence-corrected chi connectivity index (χ0v) is 12.9. The lowest BCUT2D eigenvalue weighted by Gasteiger charge is -2.14. The summed E-state index contributed by atoms with van der Waals surface area (Å²) >= 11 is 0. The Hall–Kier alpha value is -3.50. The number of nitriles is 1. The molecule has 2 aromatic rings. The van der Waals surface area contributed by atoms with Crippen LogP contribution < -0.4 is 10.6 Å². The molecule has 4 heteroatoms. The van der Waals surface area contributed by atoms with Crippen LogP contribution in [0.25, 0.3) is 12.2 Å². The molecule has 2 N–H and O–H groups in total. The van der Waals surface area contributed by atoms with Gasteiger partial charge < -0.3 is 10.6 Å². The van der Waals surface area contributed by atoms with E-state index in [2.05, 4.69) is 22.6 Å². The van der Waals surface area contributed by atoms with Gasteiger partial charge in [-0.1, -0.05) is 42.3 Å². The SMILES string of the molecule is C#C[C@@H]1CC(=O)Nc2cccc(/C=C/c3ccc(C#N)cc3)c2N1. The van der Waals surface area contributed by atoms with Crippen LogP contribution in [0.3, 0.4) is 0 Å². The number of rotatable bonds is 2. The predicted octanol–water partition coefficient (Wildman–Crippen LogP) is 3.48. The zero-order chi connectivity index (χ0) is 16.9. The maximum atomic E-state index is 11.9. The van der Waals surface area contributed by atoms with E-state index in [0.29, 0.717) is 5.56 Å². The number of anilines is 2. The number of carbonyl (C=O) groups excluding carboxylic acids is 1. The van der Waals surface area contributed by atoms with E-state index in [1.54, 1.807) is 12.1 Å². The zero-order valence-electron chi connectivity index (χ0n) is 12.9. The van der Waals surface area contributed by atoms with Crippen LogP contribution >= 0.6 is 0 Å². The minimum Gasteiger partial charge on any atom is -0.369 e. The van der Waals surface area contributed by atoms with Crippen molar-refractivity contribution in [3.63, 3.8) is 0 Å². The molecule has 1 amide bonds. The Morgan fingerprint density at radius 2 is 1.96 bits per heavy atom. The van der Waals surface area contributed by atoms with Crippen molar-refractivity contribution in [3.05, 3.63) is 59.2 Å². The Morgan fingerprint density at radius 1 is 1.17 bits per heavy atom. The summed E-state index contributed by atoms with van der Waals surface area (Å²) in [5.74, 6) is 2.50. The third-order valence-corrected chi connectivity index (χ3v) is 3.78. The lowest BCUT2D eigenvalue weighted by atomic mass is 10.1. The summed E-state index contributed by atoms with van der Waals surface area (Å²) in [6.07, 6.45) is 9.65. The number of hydrogen-bond acceptors (Lipinski definition) is 3. The number of amides is 1. The largest absolute Gasteiger partial charge is 0.369 e. The van der Waals surface area contributed by atoms with Gasteiger partial charge in [-0.2, -0.15) is 5.26 Å². The number of terminal acetylenes is 1. The molecule has 0 bridgehead atoms. The number of benzene rings is 2. The molecule has 1 heterocycles. The van der Waals surface area contributed by atoms with Gasteiger partial charge in [0.2, 0.25) is 5.91 Å². The molecule has 1 aliphatic heterocycles. The first-order chi connectivity index (χ1) is 11.7. The number of para-hydroxylation sites is 1. The first kappa shape index (κ1) is 15.4. The molecule has 116 valence electrons. The minimum atomic E-state index is -0.337. The van der Waals surface area contributed by atoms with Crippen molar-refractivity contribution < 1.29 is 4.79 Å². The third kappa shape index (κ3) is 3.29. The second kappa shape index (κ2) is 6.73. The summed E-state index contributed by atoms with van der Waals surface area (Å²) in [4.78, 5) is 11.9. The normalized spacial score (nSPS) is 16.2. The van der Waals surface area contributed by atoms with Gasteiger partial charge in [-0.3, -0.25) is 4.79 Å². The summed E-state index contributed by atoms with van der Waals surface area (Å²) < 4.78 is 0. The van der Waals surface area contributed by atoms with Gasteiger partial charge in [-0.25, -0.2) is 0 Å². The minimum absolute atomic E-state index is 0.0996. The molecule has 4 nitrogen and oxygen atoms in total. The fourth-order valence-corrected chi connectivity index (χ4v) is 2.54. The molecule has 0 aliphatic carbocycles. The van der Waals surface area contributed by atoms with Crippen molar-refractivity contribution in [1.82, 2.24) is 0 Å². The van der Waals surface area contributed by atoms with Crippen molar-refractivity contribution in [2.75, 3.05) is 10.6 Å². The molecule has 2 aromatic carbocycles. The summed E-state index contributed by atoms with van der Waals surface area (Å²) in [6.45, 7) is 0. The van der Waals surface area contributed by atoms with Crippen molar-refractivity contribution in [1.29, 1.82) is 5.26 Å². The average Bonchev–Trinajstić information content (AvgIpc) is 2.78. The molecule has 24 heavy (non-hydrogen) atoms. The Bertz CT molecular complexity index is 883. The van der Waals surface area contributed by atoms with Crippen molar-refractivity contribution in [2.24, 2.45) is 0 Å². The fraction of sp³-hybridized carbons (Fsp3) is 0.100. The van der Waals surface area contributed by atoms with Gasteiger partial charge >= 0.3 is 0 Å². The van der Waals surface area contributed by atoms with Crippen LogP contribution in [0.1, 0.15) is 23.1 Å². The number of hydrogen-bond donors (Lipinski definition) is 2. The molecule has 0 spiro atoms. The summed E-state index contributed by atoms with van der Waals surface area (Å²) in [5, 5.41) is 15.0. The molecular formula is C20H15N3O. The predicted molar refractivity (Wildman–Crippen MR) is 96.0 cm³/mol. The number of nitrogens with zero attached hydrogens (tertiary/aromatic N) is 1. The van der Waals surface area contributed by atoms with E-state index in [-0.39, 0.29) is 18.4 Å². The Labute approximate surface area is 140 Å². The first-order valence-corrected chi connectivity index (χ1v) is 7.53. The molecule has 1 aliphatic rings. The summed E-state index contributed by atoms with van der Waals surface area (Å²) in [6, 6.07) is 14.8. The van der Waals surface area contributed by atoms with E-state index in [1.165, 1.54) is 0 Å². The van der Waals surface area contributed by atoms with E-state index in [4.69, 9.17) is 11.7 Å². The highest BCUT2D eigenvalue weighted by Gasteiger charge is 2.20. The second-order valence-corrected chi connectivity index (χ2v) is 5.45. The molecule has 0 unspecified atom stereocenters. The van der Waals surface area contributed by atoms with E-state index < -0.39 is 0 Å². The molecule has 0 aromatic heterocycles. The average molecular weight is 313 g/mol. The van der Waals surface area contributed by atoms with Crippen LogP contribution in [-0.2, 0) is 4.79 Å². The summed E-state index contributed by atoms with van der Waals surface area (Å²) in [7, 11) is 0. The second-order valence-electron chi connectivity index (χ2n) is 5.45. The molecule has 0 saturated heterocycles. The van der Waals surface area contributed by atoms with Gasteiger partial charge in [-0.15, -0.1) is 6.42 Å². The lowest BCUT2D eigenvalue weighted by Crippen LogP contribution is -2.20. The Balaban J connectivity index is 1.93. The standard InChI is InChI=1S/C20H15N3O/c1-2-17-12-19(24)23-18-5-3-4-16(20(18)22-17)11-10-14-6-8-15(13-21)9-7-14/h1,3-11,17,22H,12H2,(H,23,24)/b11-10+/t17-/m1/s1. The molecular weight excluding hydrogens is 298 g/mol. The van der Waals surface area contributed by atoms with Gasteiger partial charge in [-0.05, 0) is 29.3 Å². The maximum absolute atomic E-state index is 11.9. The van der Waals surface area contributed by atoms with Crippen LogP contribution in [0.15, 0.2) is 42.5 Å². The molecule has 0 fully saturated rings. The van der Waals surface area contributed by atoms with Gasteiger partial charge in [0.25, 0.3) is 0 Å². The van der Waals surface area contributed by atoms with Gasteiger partial charge in [0.1, 0.15) is 0 Å². The number of nitrogens with one attached hydrogen (secondary N) is 2. The van der Waals surface area contributed by atoms with Crippen LogP contribution in [0.4, 0.5) is 11.4 Å². The molecule has 1 atom stereocenters.